The summed E-state index contributed by atoms with van der Waals surface area (Å²) in [5, 5.41) is 0. The van der Waals surface area contributed by atoms with Gasteiger partial charge in [-0.05, 0) is 94.4 Å². The first-order valence-corrected chi connectivity index (χ1v) is 22.7. The molecule has 1 atom stereocenters. The van der Waals surface area contributed by atoms with Crippen LogP contribution in [0.25, 0.3) is 0 Å². The predicted molar refractivity (Wildman–Crippen MR) is 190 cm³/mol. The van der Waals surface area contributed by atoms with E-state index in [-0.39, 0.29) is 0 Å². The highest BCUT2D eigenvalue weighted by molar-refractivity contribution is 8.13. The van der Waals surface area contributed by atoms with Gasteiger partial charge in [-0.25, -0.2) is 0 Å². The normalized spacial score (nSPS) is 19.2. The van der Waals surface area contributed by atoms with Crippen LogP contribution in [0.3, 0.4) is 0 Å². The van der Waals surface area contributed by atoms with Crippen molar-refractivity contribution in [1.29, 1.82) is 0 Å². The van der Waals surface area contributed by atoms with Gasteiger partial charge >= 0.3 is 22.1 Å². The molecule has 0 aromatic heterocycles. The Morgan fingerprint density at radius 2 is 0.609 bits per heavy atom. The van der Waals surface area contributed by atoms with Gasteiger partial charge in [0, 0.05) is 0 Å². The van der Waals surface area contributed by atoms with Crippen LogP contribution in [-0.2, 0) is 0 Å². The van der Waals surface area contributed by atoms with Crippen LogP contribution in [0, 0.1) is 0 Å². The van der Waals surface area contributed by atoms with Crippen LogP contribution in [0.2, 0.25) is 0 Å². The van der Waals surface area contributed by atoms with Crippen LogP contribution in [0.15, 0.2) is 170 Å². The Balaban J connectivity index is 1.65. The van der Waals surface area contributed by atoms with E-state index in [4.69, 9.17) is 74.4 Å². The Hall–Kier alpha value is -3.11. The molecule has 5 aromatic rings. The number of nitrogens with zero attached hydrogens (tertiary/aromatic N) is 4. The van der Waals surface area contributed by atoms with E-state index in [9.17, 15) is 0 Å². The van der Waals surface area contributed by atoms with E-state index in [2.05, 4.69) is 0 Å². The molecule has 9 nitrogen and oxygen atoms in total. The van der Waals surface area contributed by atoms with Gasteiger partial charge in [0.25, 0.3) is 5.91 Å². The first-order valence-electron chi connectivity index (χ1n) is 13.6. The summed E-state index contributed by atoms with van der Waals surface area (Å²) in [5.41, 5.74) is 0. The Morgan fingerprint density at radius 1 is 0.326 bits per heavy atom. The minimum atomic E-state index is -3.97. The summed E-state index contributed by atoms with van der Waals surface area (Å²) in [5.74, 6) is -1.97. The van der Waals surface area contributed by atoms with Gasteiger partial charge in [0.05, 0.1) is 0 Å². The maximum absolute atomic E-state index is 7.41. The summed E-state index contributed by atoms with van der Waals surface area (Å²) in [6, 6.07) is 44.3. The molecule has 1 aliphatic heterocycles. The van der Waals surface area contributed by atoms with Gasteiger partial charge in [0.1, 0.15) is 28.7 Å². The molecule has 46 heavy (non-hydrogen) atoms. The predicted octanol–water partition coefficient (Wildman–Crippen LogP) is 13.9. The summed E-state index contributed by atoms with van der Waals surface area (Å²) in [4.78, 5) is 0. The molecule has 6 rings (SSSR count). The van der Waals surface area contributed by atoms with E-state index < -0.39 is 28.0 Å². The van der Waals surface area contributed by atoms with Gasteiger partial charge in [-0.1, -0.05) is 91.0 Å². The molecular weight excluding hydrogens is 727 g/mol. The number of halogens is 3. The van der Waals surface area contributed by atoms with Gasteiger partial charge in [0.2, 0.25) is 0 Å². The lowest BCUT2D eigenvalue weighted by atomic mass is 10.3. The smallest absolute Gasteiger partial charge is 0.431 e. The van der Waals surface area contributed by atoms with Gasteiger partial charge in [0.15, 0.2) is 0 Å². The highest BCUT2D eigenvalue weighted by Crippen LogP contribution is 2.82. The molecule has 0 amide bonds. The molecule has 0 spiro atoms. The lowest BCUT2D eigenvalue weighted by Gasteiger charge is -2.29. The van der Waals surface area contributed by atoms with Crippen LogP contribution < -0.4 is 22.6 Å². The van der Waals surface area contributed by atoms with Crippen molar-refractivity contribution in [2.24, 2.45) is 18.1 Å². The fraction of sp³-hybridized carbons (Fsp3) is 0. The average Bonchev–Trinajstić information content (AvgIpc) is 3.02. The zero-order chi connectivity index (χ0) is 31.9. The minimum Gasteiger partial charge on any atom is -0.431 e. The maximum Gasteiger partial charge on any atom is 0.455 e. The quantitative estimate of drug-likeness (QED) is 0.132. The second-order valence-electron chi connectivity index (χ2n) is 9.29. The summed E-state index contributed by atoms with van der Waals surface area (Å²) in [7, 11) is -7.92. The third-order valence-electron chi connectivity index (χ3n) is 5.72. The molecule has 0 radical (unpaired) electrons. The highest BCUT2D eigenvalue weighted by atomic mass is 35.9. The number of hydrogen-bond donors (Lipinski definition) is 0. The number of benzene rings is 5. The molecule has 0 N–H and O–H groups in total. The van der Waals surface area contributed by atoms with Crippen molar-refractivity contribution in [3.05, 3.63) is 152 Å². The Labute approximate surface area is 281 Å². The molecule has 1 aliphatic rings. The van der Waals surface area contributed by atoms with E-state index in [1.165, 1.54) is 0 Å². The Kier molecular flexibility index (Phi) is 10.2. The van der Waals surface area contributed by atoms with Crippen LogP contribution in [0.5, 0.6) is 28.7 Å². The zero-order valence-corrected chi connectivity index (χ0v) is 29.5. The van der Waals surface area contributed by atoms with Gasteiger partial charge in [-0.15, -0.1) is 18.1 Å². The monoisotopic (exact) mass is 750 g/mol. The van der Waals surface area contributed by atoms with Gasteiger partial charge in [-0.2, -0.15) is 0 Å². The molecule has 236 valence electrons. The first-order chi connectivity index (χ1) is 22.2. The second kappa shape index (κ2) is 14.3. The summed E-state index contributed by atoms with van der Waals surface area (Å²) >= 11 is 21.5. The lowest BCUT2D eigenvalue weighted by molar-refractivity contribution is 0.475. The molecule has 0 fully saturated rings. The van der Waals surface area contributed by atoms with Crippen molar-refractivity contribution in [3.8, 4) is 28.7 Å². The Morgan fingerprint density at radius 3 is 0.935 bits per heavy atom. The topological polar surface area (TPSA) is 95.6 Å². The SMILES string of the molecule is ClP1(Cl)=NP(Oc2ccccc2)(Oc2ccccc2)=NP(Cl)(Oc2ccccc2)=NP(Oc2ccccc2)(Oc2ccccc2)=N1. The number of para-hydroxylation sites is 5. The highest BCUT2D eigenvalue weighted by Gasteiger charge is 2.43. The molecule has 1 unspecified atom stereocenters. The molecule has 1 heterocycles. The molecule has 0 aliphatic carbocycles. The van der Waals surface area contributed by atoms with Crippen LogP contribution in [0.4, 0.5) is 0 Å². The summed E-state index contributed by atoms with van der Waals surface area (Å²) < 4.78 is 51.5. The minimum absolute atomic E-state index is 0.367. The van der Waals surface area contributed by atoms with E-state index in [0.717, 1.165) is 0 Å². The van der Waals surface area contributed by atoms with Crippen molar-refractivity contribution < 1.29 is 22.6 Å². The van der Waals surface area contributed by atoms with Gasteiger partial charge < -0.3 is 22.6 Å². The molecule has 5 aromatic carbocycles. The van der Waals surface area contributed by atoms with Crippen molar-refractivity contribution in [3.63, 3.8) is 0 Å². The summed E-state index contributed by atoms with van der Waals surface area (Å²) in [6.07, 6.45) is 0. The fourth-order valence-electron chi connectivity index (χ4n) is 3.93. The van der Waals surface area contributed by atoms with Crippen molar-refractivity contribution in [2.45, 2.75) is 0 Å². The largest absolute Gasteiger partial charge is 0.455 e. The van der Waals surface area contributed by atoms with Crippen LogP contribution in [0.1, 0.15) is 0 Å². The Bertz CT molecular complexity index is 1830. The lowest BCUT2D eigenvalue weighted by Crippen LogP contribution is -2.03. The van der Waals surface area contributed by atoms with E-state index in [1.54, 1.807) is 121 Å². The van der Waals surface area contributed by atoms with Crippen molar-refractivity contribution >= 4 is 61.7 Å². The molecular formula is C30H25Cl3N4O5P4. The van der Waals surface area contributed by atoms with Gasteiger partial charge in [-0.3, -0.25) is 0 Å². The summed E-state index contributed by atoms with van der Waals surface area (Å²) in [6.45, 7) is -3.97. The average molecular weight is 752 g/mol. The third kappa shape index (κ3) is 8.82. The maximum atomic E-state index is 7.41. The van der Waals surface area contributed by atoms with Crippen LogP contribution in [-0.4, -0.2) is 0 Å². The molecule has 16 heteroatoms. The zero-order valence-electron chi connectivity index (χ0n) is 23.7. The van der Waals surface area contributed by atoms with E-state index in [1.807, 2.05) is 30.3 Å². The number of rotatable bonds is 10. The third-order valence-corrected chi connectivity index (χ3v) is 18.9. The number of hydrogen-bond acceptors (Lipinski definition) is 9. The second-order valence-corrected chi connectivity index (χ2v) is 21.6. The standard InChI is InChI=1S/C30H25Cl3N4O5P4/c31-43(32)34-45(39-27-18-8-2-9-19-27,40-28-20-10-3-11-21-28)36-44(33,38-26-16-6-1-7-17-26)37-46(35-43,41-29-22-12-4-13-23-29)42-30-24-14-5-15-25-30/h1-25H. The fourth-order valence-corrected chi connectivity index (χ4v) is 18.6. The molecule has 0 saturated heterocycles. The van der Waals surface area contributed by atoms with Crippen molar-refractivity contribution in [1.82, 2.24) is 0 Å². The molecule has 0 saturated carbocycles. The van der Waals surface area contributed by atoms with Crippen molar-refractivity contribution in [2.75, 3.05) is 0 Å². The van der Waals surface area contributed by atoms with E-state index in [0.29, 0.717) is 28.7 Å². The first kappa shape index (κ1) is 32.8. The molecule has 0 bridgehead atoms. The van der Waals surface area contributed by atoms with E-state index >= 15 is 0 Å². The van der Waals surface area contributed by atoms with Crippen LogP contribution >= 0.6 is 61.7 Å².